The smallest absolute Gasteiger partial charge is 0.306 e. The Bertz CT molecular complexity index is 1380. The summed E-state index contributed by atoms with van der Waals surface area (Å²) in [5.74, 6) is 0.776. The molecule has 8 nitrogen and oxygen atoms in total. The number of ketones is 2. The van der Waals surface area contributed by atoms with Gasteiger partial charge in [0, 0.05) is 36.6 Å². The van der Waals surface area contributed by atoms with Crippen molar-refractivity contribution in [2.45, 2.75) is 103 Å². The highest BCUT2D eigenvalue weighted by Crippen LogP contribution is 2.68. The summed E-state index contributed by atoms with van der Waals surface area (Å²) in [6.07, 6.45) is 14.2. The Balaban J connectivity index is 1.06. The zero-order valence-corrected chi connectivity index (χ0v) is 26.0. The number of pyridine rings is 1. The van der Waals surface area contributed by atoms with Crippen molar-refractivity contribution in [3.8, 4) is 0 Å². The number of aromatic nitrogens is 1. The summed E-state index contributed by atoms with van der Waals surface area (Å²) in [5.41, 5.74) is 1.01. The third-order valence-electron chi connectivity index (χ3n) is 12.3. The average Bonchev–Trinajstić information content (AvgIpc) is 3.63. The van der Waals surface area contributed by atoms with Crippen LogP contribution in [0.4, 0.5) is 0 Å². The summed E-state index contributed by atoms with van der Waals surface area (Å²) >= 11 is 0. The second-order valence-corrected chi connectivity index (χ2v) is 14.6. The van der Waals surface area contributed by atoms with Gasteiger partial charge in [-0.3, -0.25) is 19.4 Å². The summed E-state index contributed by atoms with van der Waals surface area (Å²) in [4.78, 5) is 43.3. The third kappa shape index (κ3) is 4.83. The van der Waals surface area contributed by atoms with E-state index in [2.05, 4.69) is 18.8 Å². The van der Waals surface area contributed by atoms with Gasteiger partial charge in [0.25, 0.3) is 0 Å². The minimum atomic E-state index is -0.662. The van der Waals surface area contributed by atoms with Crippen LogP contribution in [0.3, 0.4) is 0 Å². The summed E-state index contributed by atoms with van der Waals surface area (Å²) < 4.78 is 18.4. The molecule has 0 radical (unpaired) electrons. The molecule has 3 unspecified atom stereocenters. The van der Waals surface area contributed by atoms with Gasteiger partial charge >= 0.3 is 5.97 Å². The molecule has 1 aliphatic heterocycles. The van der Waals surface area contributed by atoms with Gasteiger partial charge in [-0.15, -0.1) is 0 Å². The van der Waals surface area contributed by atoms with Gasteiger partial charge in [0.1, 0.15) is 6.61 Å². The number of carbonyl (C=O) groups excluding carboxylic acids is 3. The summed E-state index contributed by atoms with van der Waals surface area (Å²) in [6.45, 7) is 4.09. The highest BCUT2D eigenvalue weighted by molar-refractivity contribution is 6.05. The number of nitrogens with zero attached hydrogens (tertiary/aromatic N) is 1. The second-order valence-electron chi connectivity index (χ2n) is 14.6. The van der Waals surface area contributed by atoms with E-state index in [9.17, 15) is 19.5 Å². The topological polar surface area (TPSA) is 112 Å². The van der Waals surface area contributed by atoms with Crippen LogP contribution in [0.25, 0.3) is 0 Å². The lowest BCUT2D eigenvalue weighted by Gasteiger charge is -2.59. The summed E-state index contributed by atoms with van der Waals surface area (Å²) in [7, 11) is 0. The number of ether oxygens (including phenoxy) is 3. The van der Waals surface area contributed by atoms with Crippen LogP contribution >= 0.6 is 0 Å². The number of Topliss-reactive ketones (excluding diaryl/α,β-unsaturated/α-hetero) is 1. The Labute approximate surface area is 259 Å². The highest BCUT2D eigenvalue weighted by Gasteiger charge is 2.66. The summed E-state index contributed by atoms with van der Waals surface area (Å²) in [5, 5.41) is 12.0. The molecule has 44 heavy (non-hydrogen) atoms. The molecule has 1 N–H and O–H groups in total. The maximum absolute atomic E-state index is 13.6. The molecule has 0 amide bonds. The molecule has 0 bridgehead atoms. The van der Waals surface area contributed by atoms with Crippen molar-refractivity contribution >= 4 is 17.5 Å². The van der Waals surface area contributed by atoms with E-state index in [1.165, 1.54) is 6.42 Å². The number of carbonyl (C=O) groups is 3. The Morgan fingerprint density at radius 1 is 1.09 bits per heavy atom. The van der Waals surface area contributed by atoms with Crippen LogP contribution in [0.2, 0.25) is 0 Å². The number of aliphatic hydroxyl groups is 1. The minimum Gasteiger partial charge on any atom is -0.458 e. The molecule has 7 rings (SSSR count). The Morgan fingerprint density at radius 3 is 2.68 bits per heavy atom. The fourth-order valence-electron chi connectivity index (χ4n) is 10.2. The molecule has 4 saturated carbocycles. The van der Waals surface area contributed by atoms with Crippen LogP contribution in [0, 0.1) is 40.4 Å². The number of hydrogen-bond acceptors (Lipinski definition) is 8. The molecule has 1 aromatic rings. The van der Waals surface area contributed by atoms with E-state index in [0.29, 0.717) is 24.4 Å². The quantitative estimate of drug-likeness (QED) is 0.399. The van der Waals surface area contributed by atoms with Gasteiger partial charge in [-0.25, -0.2) is 0 Å². The molecule has 6 aliphatic rings. The molecule has 0 aromatic carbocycles. The van der Waals surface area contributed by atoms with Crippen molar-refractivity contribution in [1.82, 2.24) is 4.98 Å². The van der Waals surface area contributed by atoms with E-state index in [4.69, 9.17) is 14.2 Å². The fraction of sp³-hybridized carbons (Fsp3) is 0.667. The Morgan fingerprint density at radius 2 is 1.91 bits per heavy atom. The zero-order valence-electron chi connectivity index (χ0n) is 26.0. The number of allylic oxidation sites excluding steroid dienone is 2. The van der Waals surface area contributed by atoms with Crippen molar-refractivity contribution in [2.24, 2.45) is 40.4 Å². The van der Waals surface area contributed by atoms with Crippen LogP contribution in [-0.4, -0.2) is 46.6 Å². The standard InChI is InChI=1S/C36H45NO7/c1-35-18-28(39)31-24(25(35)13-14-26(35)29(40)20-42-30(41)15-10-21-7-6-16-37-19-21)12-11-23-17-27(38)32-33(36(23,31)2)44-34(43-32)22-8-4-3-5-9-22/h6-7,16-17,19,22,24-26,28,31,34,39H,3-5,8-15,18,20H2,1-2H3/t24?,25?,26-,28+,31?,34+,35+,36+/m1/s1. The average molecular weight is 604 g/mol. The van der Waals surface area contributed by atoms with Gasteiger partial charge in [-0.2, -0.15) is 0 Å². The van der Waals surface area contributed by atoms with E-state index in [0.717, 1.165) is 62.5 Å². The lowest BCUT2D eigenvalue weighted by Crippen LogP contribution is -2.57. The molecule has 1 aromatic heterocycles. The first kappa shape index (κ1) is 29.7. The van der Waals surface area contributed by atoms with Crippen LogP contribution in [0.5, 0.6) is 0 Å². The van der Waals surface area contributed by atoms with Crippen LogP contribution in [0.1, 0.15) is 90.0 Å². The molecule has 0 spiro atoms. The van der Waals surface area contributed by atoms with E-state index in [-0.39, 0.29) is 65.6 Å². The molecule has 4 fully saturated rings. The normalized spacial score (nSPS) is 38.0. The Kier molecular flexibility index (Phi) is 7.71. The number of aliphatic hydroxyl groups excluding tert-OH is 1. The largest absolute Gasteiger partial charge is 0.458 e. The van der Waals surface area contributed by atoms with Crippen LogP contribution in [-0.2, 0) is 35.0 Å². The molecule has 5 aliphatic carbocycles. The Hall–Kier alpha value is -3.00. The molecule has 2 heterocycles. The molecule has 0 saturated heterocycles. The molecule has 8 atom stereocenters. The SMILES string of the molecule is C[C@@]12C(=CC(=O)C3=C1O[C@@H](C1CCCCC1)O3)CCC1C2[C@@H](O)C[C@@]2(C)C1CC[C@@H]2C(=O)COC(=O)CCc1cccnc1. The maximum Gasteiger partial charge on any atom is 0.306 e. The molecular weight excluding hydrogens is 558 g/mol. The van der Waals surface area contributed by atoms with Crippen molar-refractivity contribution in [3.63, 3.8) is 0 Å². The fourth-order valence-corrected chi connectivity index (χ4v) is 10.2. The van der Waals surface area contributed by atoms with Crippen LogP contribution in [0.15, 0.2) is 47.7 Å². The molecule has 236 valence electrons. The number of rotatable bonds is 7. The van der Waals surface area contributed by atoms with Crippen molar-refractivity contribution in [2.75, 3.05) is 6.61 Å². The van der Waals surface area contributed by atoms with Crippen molar-refractivity contribution < 1.29 is 33.7 Å². The first-order valence-electron chi connectivity index (χ1n) is 16.8. The van der Waals surface area contributed by atoms with Gasteiger partial charge in [0.05, 0.1) is 11.5 Å². The first-order chi connectivity index (χ1) is 21.2. The van der Waals surface area contributed by atoms with Gasteiger partial charge in [0.2, 0.25) is 17.8 Å². The maximum atomic E-state index is 13.6. The number of fused-ring (bicyclic) bond motifs is 6. The molecular formula is C36H45NO7. The van der Waals surface area contributed by atoms with E-state index in [1.807, 2.05) is 12.1 Å². The third-order valence-corrected chi connectivity index (χ3v) is 12.3. The van der Waals surface area contributed by atoms with Crippen LogP contribution < -0.4 is 0 Å². The van der Waals surface area contributed by atoms with Gasteiger partial charge < -0.3 is 19.3 Å². The van der Waals surface area contributed by atoms with E-state index in [1.54, 1.807) is 18.5 Å². The minimum absolute atomic E-state index is 0.0471. The van der Waals surface area contributed by atoms with Crippen molar-refractivity contribution in [3.05, 3.63) is 53.3 Å². The lowest BCUT2D eigenvalue weighted by atomic mass is 9.46. The number of esters is 1. The monoisotopic (exact) mass is 603 g/mol. The van der Waals surface area contributed by atoms with Gasteiger partial charge in [0.15, 0.2) is 11.5 Å². The highest BCUT2D eigenvalue weighted by atomic mass is 16.7. The van der Waals surface area contributed by atoms with Crippen molar-refractivity contribution in [1.29, 1.82) is 0 Å². The molecule has 8 heteroatoms. The van der Waals surface area contributed by atoms with Gasteiger partial charge in [-0.1, -0.05) is 37.8 Å². The lowest BCUT2D eigenvalue weighted by molar-refractivity contribution is -0.156. The van der Waals surface area contributed by atoms with E-state index < -0.39 is 17.8 Å². The number of aryl methyl sites for hydroxylation is 1. The van der Waals surface area contributed by atoms with E-state index >= 15 is 0 Å². The predicted octanol–water partition coefficient (Wildman–Crippen LogP) is 5.63. The van der Waals surface area contributed by atoms with Gasteiger partial charge in [-0.05, 0) is 93.2 Å². The number of hydrogen-bond donors (Lipinski definition) is 1. The predicted molar refractivity (Wildman–Crippen MR) is 160 cm³/mol. The second kappa shape index (κ2) is 11.4. The zero-order chi connectivity index (χ0) is 30.6. The summed E-state index contributed by atoms with van der Waals surface area (Å²) in [6, 6.07) is 3.75. The first-order valence-corrected chi connectivity index (χ1v) is 16.8.